The van der Waals surface area contributed by atoms with Gasteiger partial charge in [0.05, 0.1) is 25.6 Å². The molecule has 0 aromatic heterocycles. The molecule has 12 aromatic carbocycles. The fourth-order valence-corrected chi connectivity index (χ4v) is 10.5. The van der Waals surface area contributed by atoms with Gasteiger partial charge in [0.1, 0.15) is 58.0 Å². The van der Waals surface area contributed by atoms with Crippen LogP contribution in [0.2, 0.25) is 0 Å². The van der Waals surface area contributed by atoms with E-state index in [0.29, 0.717) is 67.9 Å². The lowest BCUT2D eigenvalue weighted by atomic mass is 9.91. The number of halogens is 8. The Balaban J connectivity index is 1.12. The van der Waals surface area contributed by atoms with E-state index in [1.165, 1.54) is 48.5 Å². The Morgan fingerprint density at radius 1 is 0.256 bits per heavy atom. The molecule has 0 bridgehead atoms. The molecule has 0 amide bonds. The van der Waals surface area contributed by atoms with Crippen LogP contribution in [0, 0.1) is 46.5 Å². The van der Waals surface area contributed by atoms with Gasteiger partial charge in [-0.15, -0.1) is 0 Å². The molecule has 0 heterocycles. The summed E-state index contributed by atoms with van der Waals surface area (Å²) in [5.41, 5.74) is 5.80. The van der Waals surface area contributed by atoms with E-state index in [2.05, 4.69) is 0 Å². The van der Waals surface area contributed by atoms with Crippen LogP contribution < -0.4 is 19.3 Å². The molecule has 382 valence electrons. The summed E-state index contributed by atoms with van der Waals surface area (Å²) < 4.78 is 131. The molecular weight excluding hydrogens is 1000 g/mol. The van der Waals surface area contributed by atoms with Crippen LogP contribution in [0.5, 0.6) is 11.5 Å². The summed E-state index contributed by atoms with van der Waals surface area (Å²) in [4.78, 5) is 3.93. The molecule has 0 aliphatic rings. The van der Waals surface area contributed by atoms with Crippen molar-refractivity contribution >= 4 is 66.4 Å². The Hall–Kier alpha value is -9.68. The van der Waals surface area contributed by atoms with Gasteiger partial charge >= 0.3 is 0 Å². The summed E-state index contributed by atoms with van der Waals surface area (Å²) >= 11 is 0. The zero-order valence-corrected chi connectivity index (χ0v) is 41.4. The maximum absolute atomic E-state index is 15.0. The minimum absolute atomic E-state index is 0.190. The van der Waals surface area contributed by atoms with Crippen LogP contribution in [-0.4, -0.2) is 14.2 Å². The molecule has 4 nitrogen and oxygen atoms in total. The second-order valence-corrected chi connectivity index (χ2v) is 18.8. The summed E-state index contributed by atoms with van der Waals surface area (Å²) in [6.07, 6.45) is 0. The molecule has 0 radical (unpaired) electrons. The standard InChI is InChI=1S/C66H40F8N2O2/c1-77-59-11-7-55(8-12-59)75(57-29-39(43-21-47(67)33-48(68)22-43)19-40(30-57)44-23-49(69)34-50(70)24-44)63-17-5-37-4-16-62-64(18-6-38-3-15-61(63)65(37)66(38)62)76(56-9-13-60(78-2)14-10-56)58-31-41(45-25-51(71)35-52(72)26-45)20-42(32-58)46-27-53(73)36-54(74)28-46/h3-36H,1-2H3. The molecule has 78 heavy (non-hydrogen) atoms. The van der Waals surface area contributed by atoms with Crippen LogP contribution in [0.3, 0.4) is 0 Å². The fourth-order valence-electron chi connectivity index (χ4n) is 10.5. The fraction of sp³-hybridized carbons (Fsp3) is 0.0303. The summed E-state index contributed by atoms with van der Waals surface area (Å²) in [6.45, 7) is 0. The molecule has 0 unspecified atom stereocenters. The van der Waals surface area contributed by atoms with Gasteiger partial charge in [0.2, 0.25) is 0 Å². The lowest BCUT2D eigenvalue weighted by molar-refractivity contribution is 0.414. The monoisotopic (exact) mass is 1040 g/mol. The average molecular weight is 1050 g/mol. The van der Waals surface area contributed by atoms with Crippen molar-refractivity contribution < 1.29 is 44.6 Å². The highest BCUT2D eigenvalue weighted by Crippen LogP contribution is 2.50. The van der Waals surface area contributed by atoms with E-state index in [-0.39, 0.29) is 22.3 Å². The minimum atomic E-state index is -0.811. The van der Waals surface area contributed by atoms with E-state index in [0.717, 1.165) is 56.6 Å². The zero-order chi connectivity index (χ0) is 53.9. The lowest BCUT2D eigenvalue weighted by Gasteiger charge is -2.30. The van der Waals surface area contributed by atoms with E-state index in [1.54, 1.807) is 74.9 Å². The van der Waals surface area contributed by atoms with Crippen LogP contribution >= 0.6 is 0 Å². The minimum Gasteiger partial charge on any atom is -0.497 e. The second-order valence-electron chi connectivity index (χ2n) is 18.8. The second kappa shape index (κ2) is 19.8. The van der Waals surface area contributed by atoms with Crippen LogP contribution in [0.1, 0.15) is 0 Å². The van der Waals surface area contributed by atoms with Crippen LogP contribution in [0.25, 0.3) is 76.8 Å². The number of hydrogen-bond acceptors (Lipinski definition) is 4. The van der Waals surface area contributed by atoms with Gasteiger partial charge in [0.25, 0.3) is 0 Å². The van der Waals surface area contributed by atoms with Gasteiger partial charge in [0.15, 0.2) is 0 Å². The Morgan fingerprint density at radius 3 is 0.782 bits per heavy atom. The van der Waals surface area contributed by atoms with Crippen molar-refractivity contribution in [3.05, 3.63) is 253 Å². The largest absolute Gasteiger partial charge is 0.497 e. The molecule has 0 N–H and O–H groups in total. The van der Waals surface area contributed by atoms with Crippen LogP contribution in [0.15, 0.2) is 206 Å². The predicted octanol–water partition coefficient (Wildman–Crippen LogP) is 19.3. The third kappa shape index (κ3) is 9.31. The molecule has 0 fully saturated rings. The normalized spacial score (nSPS) is 11.5. The molecule has 0 saturated heterocycles. The number of nitrogens with zero attached hydrogens (tertiary/aromatic N) is 2. The van der Waals surface area contributed by atoms with Gasteiger partial charge in [-0.05, 0) is 212 Å². The van der Waals surface area contributed by atoms with Crippen molar-refractivity contribution in [3.63, 3.8) is 0 Å². The van der Waals surface area contributed by atoms with Crippen LogP contribution in [-0.2, 0) is 0 Å². The first-order chi connectivity index (χ1) is 37.7. The smallest absolute Gasteiger partial charge is 0.126 e. The lowest BCUT2D eigenvalue weighted by Crippen LogP contribution is -2.12. The van der Waals surface area contributed by atoms with Gasteiger partial charge in [-0.25, -0.2) is 35.1 Å². The SMILES string of the molecule is COc1ccc(N(c2cc(-c3cc(F)cc(F)c3)cc(-c3cc(F)cc(F)c3)c2)c2ccc3ccc4c(N(c5ccc(OC)cc5)c5cc(-c6cc(F)cc(F)c6)cc(-c6cc(F)cc(F)c6)c5)ccc5ccc2c3c54)cc1. The average Bonchev–Trinajstić information content (AvgIpc) is 3.47. The quantitative estimate of drug-likeness (QED) is 0.0899. The Morgan fingerprint density at radius 2 is 0.513 bits per heavy atom. The number of benzene rings is 12. The van der Waals surface area contributed by atoms with Gasteiger partial charge in [-0.1, -0.05) is 36.4 Å². The molecule has 0 spiro atoms. The number of hydrogen-bond donors (Lipinski definition) is 0. The first-order valence-electron chi connectivity index (χ1n) is 24.5. The summed E-state index contributed by atoms with van der Waals surface area (Å²) in [6, 6.07) is 53.5. The number of anilines is 6. The van der Waals surface area contributed by atoms with Crippen molar-refractivity contribution in [2.75, 3.05) is 24.0 Å². The molecule has 12 rings (SSSR count). The van der Waals surface area contributed by atoms with E-state index in [9.17, 15) is 35.1 Å². The summed E-state index contributed by atoms with van der Waals surface area (Å²) in [7, 11) is 3.10. The zero-order valence-electron chi connectivity index (χ0n) is 41.4. The highest BCUT2D eigenvalue weighted by Gasteiger charge is 2.25. The molecule has 0 aliphatic carbocycles. The van der Waals surface area contributed by atoms with Crippen molar-refractivity contribution in [3.8, 4) is 56.0 Å². The Bertz CT molecular complexity index is 3800. The maximum Gasteiger partial charge on any atom is 0.126 e. The van der Waals surface area contributed by atoms with E-state index in [4.69, 9.17) is 9.47 Å². The third-order valence-corrected chi connectivity index (χ3v) is 13.9. The highest BCUT2D eigenvalue weighted by molar-refractivity contribution is 6.28. The predicted molar refractivity (Wildman–Crippen MR) is 294 cm³/mol. The van der Waals surface area contributed by atoms with Gasteiger partial charge in [-0.2, -0.15) is 0 Å². The van der Waals surface area contributed by atoms with E-state index < -0.39 is 46.5 Å². The van der Waals surface area contributed by atoms with E-state index >= 15 is 0 Å². The Kier molecular flexibility index (Phi) is 12.5. The maximum atomic E-state index is 15.0. The van der Waals surface area contributed by atoms with Crippen LogP contribution in [0.4, 0.5) is 69.2 Å². The molecule has 12 aromatic rings. The summed E-state index contributed by atoms with van der Waals surface area (Å²) in [5.74, 6) is -5.33. The topological polar surface area (TPSA) is 24.9 Å². The molecule has 0 aliphatic heterocycles. The first-order valence-corrected chi connectivity index (χ1v) is 24.5. The van der Waals surface area contributed by atoms with Crippen molar-refractivity contribution in [1.29, 1.82) is 0 Å². The number of methoxy groups -OCH3 is 2. The number of ether oxygens (including phenoxy) is 2. The van der Waals surface area contributed by atoms with Crippen molar-refractivity contribution in [1.82, 2.24) is 0 Å². The van der Waals surface area contributed by atoms with E-state index in [1.807, 2.05) is 82.6 Å². The molecular formula is C66H40F8N2O2. The first kappa shape index (κ1) is 49.2. The van der Waals surface area contributed by atoms with Gasteiger partial charge in [0, 0.05) is 57.8 Å². The number of rotatable bonds is 12. The molecule has 12 heteroatoms. The van der Waals surface area contributed by atoms with Gasteiger partial charge in [-0.3, -0.25) is 0 Å². The van der Waals surface area contributed by atoms with Crippen molar-refractivity contribution in [2.45, 2.75) is 0 Å². The highest BCUT2D eigenvalue weighted by atomic mass is 19.2. The Labute approximate surface area is 442 Å². The van der Waals surface area contributed by atoms with Gasteiger partial charge < -0.3 is 19.3 Å². The van der Waals surface area contributed by atoms with Crippen molar-refractivity contribution in [2.24, 2.45) is 0 Å². The molecule has 0 saturated carbocycles. The molecule has 0 atom stereocenters. The summed E-state index contributed by atoms with van der Waals surface area (Å²) in [5, 5.41) is 5.02. The third-order valence-electron chi connectivity index (χ3n) is 13.9.